The van der Waals surface area contributed by atoms with E-state index in [1.807, 2.05) is 0 Å². The first kappa shape index (κ1) is 21.5. The molecule has 0 unspecified atom stereocenters. The lowest BCUT2D eigenvalue weighted by Crippen LogP contribution is -2.20. The maximum Gasteiger partial charge on any atom is 0.271 e. The van der Waals surface area contributed by atoms with E-state index in [-0.39, 0.29) is 22.4 Å². The van der Waals surface area contributed by atoms with Crippen molar-refractivity contribution in [1.82, 2.24) is 5.32 Å². The van der Waals surface area contributed by atoms with Gasteiger partial charge in [-0.3, -0.25) is 14.3 Å². The van der Waals surface area contributed by atoms with E-state index in [9.17, 15) is 18.0 Å². The Bertz CT molecular complexity index is 1160. The highest BCUT2D eigenvalue weighted by atomic mass is 32.2. The second-order valence-electron chi connectivity index (χ2n) is 6.52. The normalized spacial score (nSPS) is 11.0. The Kier molecular flexibility index (Phi) is 6.53. The zero-order chi connectivity index (χ0) is 21.7. The second kappa shape index (κ2) is 9.10. The molecule has 0 saturated carbocycles. The van der Waals surface area contributed by atoms with Crippen LogP contribution in [-0.2, 0) is 21.2 Å². The van der Waals surface area contributed by atoms with Crippen LogP contribution in [0.25, 0.3) is 0 Å². The van der Waals surface area contributed by atoms with Crippen molar-refractivity contribution in [2.24, 2.45) is 0 Å². The molecular formula is C21H21N3O4S2. The Morgan fingerprint density at radius 1 is 1.00 bits per heavy atom. The van der Waals surface area contributed by atoms with Crippen LogP contribution in [-0.4, -0.2) is 27.3 Å². The predicted molar refractivity (Wildman–Crippen MR) is 118 cm³/mol. The van der Waals surface area contributed by atoms with Gasteiger partial charge in [-0.1, -0.05) is 24.3 Å². The van der Waals surface area contributed by atoms with E-state index in [1.165, 1.54) is 6.07 Å². The molecule has 3 aromatic rings. The van der Waals surface area contributed by atoms with E-state index in [4.69, 9.17) is 0 Å². The highest BCUT2D eigenvalue weighted by Crippen LogP contribution is 2.21. The molecule has 0 fully saturated rings. The smallest absolute Gasteiger partial charge is 0.271 e. The van der Waals surface area contributed by atoms with Crippen LogP contribution in [0.2, 0.25) is 0 Å². The summed E-state index contributed by atoms with van der Waals surface area (Å²) in [6.45, 7) is 1.77. The highest BCUT2D eigenvalue weighted by Gasteiger charge is 2.15. The molecule has 1 aromatic heterocycles. The zero-order valence-electron chi connectivity index (χ0n) is 16.4. The molecule has 0 aliphatic carbocycles. The van der Waals surface area contributed by atoms with E-state index >= 15 is 0 Å². The van der Waals surface area contributed by atoms with E-state index < -0.39 is 10.0 Å². The van der Waals surface area contributed by atoms with Gasteiger partial charge in [-0.25, -0.2) is 8.42 Å². The van der Waals surface area contributed by atoms with Crippen LogP contribution >= 0.6 is 11.3 Å². The number of rotatable bonds is 7. The van der Waals surface area contributed by atoms with Crippen molar-refractivity contribution in [1.29, 1.82) is 0 Å². The summed E-state index contributed by atoms with van der Waals surface area (Å²) >= 11 is 1.14. The molecule has 0 atom stereocenters. The first-order valence-electron chi connectivity index (χ1n) is 9.07. The number of benzene rings is 2. The summed E-state index contributed by atoms with van der Waals surface area (Å²) in [7, 11) is -2.06. The number of carbonyl (C=O) groups is 2. The average molecular weight is 444 g/mol. The van der Waals surface area contributed by atoms with Gasteiger partial charge in [0.2, 0.25) is 5.91 Å². The molecule has 7 nitrogen and oxygen atoms in total. The van der Waals surface area contributed by atoms with Gasteiger partial charge in [0.05, 0.1) is 6.42 Å². The molecule has 156 valence electrons. The summed E-state index contributed by atoms with van der Waals surface area (Å²) in [6.07, 6.45) is 0.113. The summed E-state index contributed by atoms with van der Waals surface area (Å²) in [5, 5.41) is 7.09. The van der Waals surface area contributed by atoms with Crippen LogP contribution in [0, 0.1) is 6.92 Å². The number of sulfonamides is 1. The van der Waals surface area contributed by atoms with Crippen molar-refractivity contribution >= 4 is 44.5 Å². The molecule has 9 heteroatoms. The molecule has 0 aliphatic heterocycles. The Morgan fingerprint density at radius 2 is 1.73 bits per heavy atom. The highest BCUT2D eigenvalue weighted by molar-refractivity contribution is 7.94. The molecule has 3 N–H and O–H groups in total. The van der Waals surface area contributed by atoms with E-state index in [1.54, 1.807) is 67.9 Å². The van der Waals surface area contributed by atoms with Crippen LogP contribution in [0.1, 0.15) is 21.5 Å². The summed E-state index contributed by atoms with van der Waals surface area (Å²) in [6, 6.07) is 15.0. The summed E-state index contributed by atoms with van der Waals surface area (Å²) in [5.74, 6) is -0.455. The third-order valence-electron chi connectivity index (χ3n) is 4.41. The molecule has 0 saturated heterocycles. The Hall–Kier alpha value is -3.17. The maximum absolute atomic E-state index is 12.4. The van der Waals surface area contributed by atoms with Gasteiger partial charge < -0.3 is 10.6 Å². The van der Waals surface area contributed by atoms with Crippen LogP contribution in [0.15, 0.2) is 64.2 Å². The number of hydrogen-bond acceptors (Lipinski definition) is 5. The van der Waals surface area contributed by atoms with Gasteiger partial charge in [0, 0.05) is 24.0 Å². The molecule has 2 aromatic carbocycles. The van der Waals surface area contributed by atoms with Crippen molar-refractivity contribution < 1.29 is 18.0 Å². The van der Waals surface area contributed by atoms with Crippen LogP contribution in [0.4, 0.5) is 11.4 Å². The summed E-state index contributed by atoms with van der Waals surface area (Å²) in [4.78, 5) is 24.3. The molecule has 30 heavy (non-hydrogen) atoms. The first-order valence-corrected chi connectivity index (χ1v) is 11.4. The molecule has 0 bridgehead atoms. The van der Waals surface area contributed by atoms with Gasteiger partial charge in [0.1, 0.15) is 4.21 Å². The topological polar surface area (TPSA) is 104 Å². The average Bonchev–Trinajstić information content (AvgIpc) is 3.26. The lowest BCUT2D eigenvalue weighted by molar-refractivity contribution is -0.115. The standard InChI is InChI=1S/C21H21N3O4S2/c1-14-17(21(26)22-2)5-3-6-18(14)23-19(25)13-15-8-10-16(11-9-15)24-30(27,28)20-7-4-12-29-20/h3-12,24H,13H2,1-2H3,(H,22,26)(H,23,25). The number of amides is 2. The van der Waals surface area contributed by atoms with E-state index in [0.717, 1.165) is 16.9 Å². The minimum atomic E-state index is -3.61. The van der Waals surface area contributed by atoms with Gasteiger partial charge in [-0.05, 0) is 53.8 Å². The molecule has 1 heterocycles. The number of anilines is 2. The monoisotopic (exact) mass is 443 g/mol. The molecule has 0 radical (unpaired) electrons. The van der Waals surface area contributed by atoms with Gasteiger partial charge in [0.15, 0.2) is 0 Å². The SMILES string of the molecule is CNC(=O)c1cccc(NC(=O)Cc2ccc(NS(=O)(=O)c3cccs3)cc2)c1C. The fourth-order valence-electron chi connectivity index (χ4n) is 2.84. The maximum atomic E-state index is 12.4. The van der Waals surface area contributed by atoms with Crippen LogP contribution in [0.3, 0.4) is 0 Å². The fraction of sp³-hybridized carbons (Fsp3) is 0.143. The number of hydrogen-bond donors (Lipinski definition) is 3. The van der Waals surface area contributed by atoms with Crippen LogP contribution in [0.5, 0.6) is 0 Å². The predicted octanol–water partition coefficient (Wildman–Crippen LogP) is 3.40. The van der Waals surface area contributed by atoms with Gasteiger partial charge in [0.25, 0.3) is 15.9 Å². The Labute approximate surface area is 179 Å². The molecule has 0 aliphatic rings. The van der Waals surface area contributed by atoms with Gasteiger partial charge >= 0.3 is 0 Å². The quantitative estimate of drug-likeness (QED) is 0.521. The molecular weight excluding hydrogens is 422 g/mol. The largest absolute Gasteiger partial charge is 0.355 e. The minimum absolute atomic E-state index is 0.113. The van der Waals surface area contributed by atoms with Crippen molar-refractivity contribution in [2.45, 2.75) is 17.6 Å². The third-order valence-corrected chi connectivity index (χ3v) is 7.19. The minimum Gasteiger partial charge on any atom is -0.355 e. The number of nitrogens with one attached hydrogen (secondary N) is 3. The third kappa shape index (κ3) is 5.05. The first-order chi connectivity index (χ1) is 14.3. The van der Waals surface area contributed by atoms with Gasteiger partial charge in [-0.2, -0.15) is 0 Å². The molecule has 3 rings (SSSR count). The van der Waals surface area contributed by atoms with Crippen molar-refractivity contribution in [3.8, 4) is 0 Å². The van der Waals surface area contributed by atoms with Crippen molar-refractivity contribution in [3.05, 3.63) is 76.7 Å². The van der Waals surface area contributed by atoms with Crippen molar-refractivity contribution in [3.63, 3.8) is 0 Å². The summed E-state index contributed by atoms with van der Waals surface area (Å²) < 4.78 is 27.3. The lowest BCUT2D eigenvalue weighted by Gasteiger charge is -2.12. The molecule has 2 amide bonds. The second-order valence-corrected chi connectivity index (χ2v) is 9.37. The van der Waals surface area contributed by atoms with Crippen molar-refractivity contribution in [2.75, 3.05) is 17.1 Å². The van der Waals surface area contributed by atoms with Gasteiger partial charge in [-0.15, -0.1) is 11.3 Å². The number of carbonyl (C=O) groups excluding carboxylic acids is 2. The van der Waals surface area contributed by atoms with Crippen LogP contribution < -0.4 is 15.4 Å². The lowest BCUT2D eigenvalue weighted by atomic mass is 10.1. The zero-order valence-corrected chi connectivity index (χ0v) is 18.1. The summed E-state index contributed by atoms with van der Waals surface area (Å²) in [5.41, 5.74) is 2.90. The molecule has 0 spiro atoms. The number of thiophene rings is 1. The fourth-order valence-corrected chi connectivity index (χ4v) is 4.90. The Balaban J connectivity index is 1.65. The van der Waals surface area contributed by atoms with E-state index in [2.05, 4.69) is 15.4 Å². The Morgan fingerprint density at radius 3 is 2.37 bits per heavy atom. The van der Waals surface area contributed by atoms with E-state index in [0.29, 0.717) is 22.5 Å².